The topological polar surface area (TPSA) is 40.6 Å². The molecule has 0 atom stereocenters. The SMILES string of the molecule is O=C(c1ccc(/C=C2/Sc3ccccc3N(Cc3cccc(Cl)c3)C2=O)cc1)N1CCCCC1. The molecule has 1 fully saturated rings. The number of hydrogen-bond donors (Lipinski definition) is 0. The van der Waals surface area contributed by atoms with Gasteiger partial charge in [-0.2, -0.15) is 0 Å². The molecule has 2 aliphatic heterocycles. The van der Waals surface area contributed by atoms with Gasteiger partial charge in [-0.15, -0.1) is 0 Å². The van der Waals surface area contributed by atoms with Crippen LogP contribution in [-0.4, -0.2) is 29.8 Å². The second-order valence-corrected chi connectivity index (χ2v) is 10.1. The molecule has 172 valence electrons. The second-order valence-electron chi connectivity index (χ2n) is 8.57. The highest BCUT2D eigenvalue weighted by molar-refractivity contribution is 8.04. The smallest absolute Gasteiger partial charge is 0.265 e. The third kappa shape index (κ3) is 4.91. The molecule has 3 aromatic carbocycles. The Hall–Kier alpha value is -3.02. The van der Waals surface area contributed by atoms with Crippen LogP contribution in [-0.2, 0) is 11.3 Å². The Morgan fingerprint density at radius 3 is 2.47 bits per heavy atom. The van der Waals surface area contributed by atoms with E-state index in [-0.39, 0.29) is 11.8 Å². The van der Waals surface area contributed by atoms with Crippen LogP contribution in [0.3, 0.4) is 0 Å². The number of likely N-dealkylation sites (tertiary alicyclic amines) is 1. The standard InChI is InChI=1S/C28H25ClN2O2S/c29-23-8-6-7-21(17-23)19-31-24-9-2-3-10-25(24)34-26(28(31)33)18-20-11-13-22(14-12-20)27(32)30-15-4-1-5-16-30/h2-3,6-14,17-18H,1,4-5,15-16,19H2/b26-18+. The molecule has 0 bridgehead atoms. The molecule has 0 saturated carbocycles. The van der Waals surface area contributed by atoms with Crippen LogP contribution in [0.1, 0.15) is 40.7 Å². The van der Waals surface area contributed by atoms with Crippen LogP contribution >= 0.6 is 23.4 Å². The fraction of sp³-hybridized carbons (Fsp3) is 0.214. The normalized spacial score (nSPS) is 17.1. The van der Waals surface area contributed by atoms with Gasteiger partial charge in [-0.25, -0.2) is 0 Å². The van der Waals surface area contributed by atoms with E-state index in [0.717, 1.165) is 47.6 Å². The first kappa shape index (κ1) is 22.8. The van der Waals surface area contributed by atoms with Crippen LogP contribution in [0.5, 0.6) is 0 Å². The number of nitrogens with zero attached hydrogens (tertiary/aromatic N) is 2. The first-order chi connectivity index (χ1) is 16.6. The van der Waals surface area contributed by atoms with Crippen LogP contribution in [0.15, 0.2) is 82.6 Å². The number of halogens is 1. The minimum atomic E-state index is -0.0443. The van der Waals surface area contributed by atoms with E-state index < -0.39 is 0 Å². The number of fused-ring (bicyclic) bond motifs is 1. The lowest BCUT2D eigenvalue weighted by Gasteiger charge is -2.30. The average molecular weight is 489 g/mol. The molecule has 2 aliphatic rings. The van der Waals surface area contributed by atoms with Crippen molar-refractivity contribution in [2.75, 3.05) is 18.0 Å². The molecule has 0 unspecified atom stereocenters. The number of carbonyl (C=O) groups is 2. The summed E-state index contributed by atoms with van der Waals surface area (Å²) >= 11 is 7.65. The molecule has 2 heterocycles. The van der Waals surface area contributed by atoms with Gasteiger partial charge in [-0.1, -0.05) is 59.8 Å². The summed E-state index contributed by atoms with van der Waals surface area (Å²) in [6.45, 7) is 2.10. The third-order valence-corrected chi connectivity index (χ3v) is 7.47. The molecule has 1 saturated heterocycles. The fourth-order valence-corrected chi connectivity index (χ4v) is 5.66. The number of rotatable bonds is 4. The van der Waals surface area contributed by atoms with Gasteiger partial charge in [0.25, 0.3) is 11.8 Å². The maximum absolute atomic E-state index is 13.5. The molecule has 0 N–H and O–H groups in total. The van der Waals surface area contributed by atoms with Crippen molar-refractivity contribution in [3.05, 3.63) is 99.4 Å². The van der Waals surface area contributed by atoms with E-state index >= 15 is 0 Å². The number of piperidine rings is 1. The summed E-state index contributed by atoms with van der Waals surface area (Å²) in [6.07, 6.45) is 5.24. The van der Waals surface area contributed by atoms with Gasteiger partial charge in [0.15, 0.2) is 0 Å². The number of carbonyl (C=O) groups excluding carboxylic acids is 2. The highest BCUT2D eigenvalue weighted by atomic mass is 35.5. The highest BCUT2D eigenvalue weighted by Crippen LogP contribution is 2.42. The van der Waals surface area contributed by atoms with Crippen molar-refractivity contribution in [1.29, 1.82) is 0 Å². The van der Waals surface area contributed by atoms with Crippen molar-refractivity contribution < 1.29 is 9.59 Å². The summed E-state index contributed by atoms with van der Waals surface area (Å²) in [5.41, 5.74) is 3.47. The predicted octanol–water partition coefficient (Wildman–Crippen LogP) is 6.65. The average Bonchev–Trinajstić information content (AvgIpc) is 2.87. The van der Waals surface area contributed by atoms with E-state index in [2.05, 4.69) is 0 Å². The quantitative estimate of drug-likeness (QED) is 0.386. The Morgan fingerprint density at radius 1 is 0.941 bits per heavy atom. The molecule has 3 aromatic rings. The highest BCUT2D eigenvalue weighted by Gasteiger charge is 2.29. The molecule has 6 heteroatoms. The Bertz CT molecular complexity index is 1250. The first-order valence-corrected chi connectivity index (χ1v) is 12.7. The summed E-state index contributed by atoms with van der Waals surface area (Å²) in [6, 6.07) is 23.1. The van der Waals surface area contributed by atoms with Crippen molar-refractivity contribution in [3.8, 4) is 0 Å². The molecule has 2 amide bonds. The van der Waals surface area contributed by atoms with Gasteiger partial charge in [0.1, 0.15) is 0 Å². The van der Waals surface area contributed by atoms with E-state index in [1.165, 1.54) is 18.2 Å². The van der Waals surface area contributed by atoms with Gasteiger partial charge in [-0.05, 0) is 72.9 Å². The van der Waals surface area contributed by atoms with Crippen molar-refractivity contribution in [3.63, 3.8) is 0 Å². The molecule has 0 aliphatic carbocycles. The number of hydrogen-bond acceptors (Lipinski definition) is 3. The lowest BCUT2D eigenvalue weighted by molar-refractivity contribution is -0.114. The van der Waals surface area contributed by atoms with Crippen molar-refractivity contribution in [2.24, 2.45) is 0 Å². The van der Waals surface area contributed by atoms with Crippen LogP contribution in [0, 0.1) is 0 Å². The van der Waals surface area contributed by atoms with Gasteiger partial charge < -0.3 is 9.80 Å². The van der Waals surface area contributed by atoms with Gasteiger partial charge in [0.2, 0.25) is 0 Å². The molecular weight excluding hydrogens is 464 g/mol. The summed E-state index contributed by atoms with van der Waals surface area (Å²) < 4.78 is 0. The van der Waals surface area contributed by atoms with Crippen LogP contribution < -0.4 is 4.90 Å². The van der Waals surface area contributed by atoms with Crippen LogP contribution in [0.25, 0.3) is 6.08 Å². The number of amides is 2. The van der Waals surface area contributed by atoms with Crippen LogP contribution in [0.4, 0.5) is 5.69 Å². The first-order valence-electron chi connectivity index (χ1n) is 11.5. The minimum absolute atomic E-state index is 0.0443. The van der Waals surface area contributed by atoms with Crippen molar-refractivity contribution in [2.45, 2.75) is 30.7 Å². The second kappa shape index (κ2) is 10.1. The lowest BCUT2D eigenvalue weighted by atomic mass is 10.1. The summed E-state index contributed by atoms with van der Waals surface area (Å²) in [5, 5.41) is 0.652. The number of thioether (sulfide) groups is 1. The number of para-hydroxylation sites is 1. The van der Waals surface area contributed by atoms with Gasteiger partial charge in [0, 0.05) is 28.6 Å². The van der Waals surface area contributed by atoms with E-state index in [1.54, 1.807) is 4.90 Å². The zero-order valence-electron chi connectivity index (χ0n) is 18.7. The van der Waals surface area contributed by atoms with E-state index in [9.17, 15) is 9.59 Å². The molecule has 4 nitrogen and oxygen atoms in total. The molecule has 0 spiro atoms. The van der Waals surface area contributed by atoms with E-state index in [0.29, 0.717) is 22.0 Å². The maximum atomic E-state index is 13.5. The van der Waals surface area contributed by atoms with Crippen molar-refractivity contribution in [1.82, 2.24) is 4.90 Å². The zero-order chi connectivity index (χ0) is 23.5. The van der Waals surface area contributed by atoms with E-state index in [1.807, 2.05) is 83.8 Å². The Labute approximate surface area is 209 Å². The molecule has 0 aromatic heterocycles. The molecule has 34 heavy (non-hydrogen) atoms. The number of anilines is 1. The van der Waals surface area contributed by atoms with Gasteiger partial charge in [0.05, 0.1) is 17.1 Å². The van der Waals surface area contributed by atoms with Crippen LogP contribution in [0.2, 0.25) is 5.02 Å². The predicted molar refractivity (Wildman–Crippen MR) is 139 cm³/mol. The molecule has 0 radical (unpaired) electrons. The lowest BCUT2D eigenvalue weighted by Crippen LogP contribution is -2.35. The number of benzene rings is 3. The van der Waals surface area contributed by atoms with Gasteiger partial charge in [-0.3, -0.25) is 9.59 Å². The Kier molecular flexibility index (Phi) is 6.75. The molecule has 5 rings (SSSR count). The minimum Gasteiger partial charge on any atom is -0.339 e. The zero-order valence-corrected chi connectivity index (χ0v) is 20.3. The third-order valence-electron chi connectivity index (χ3n) is 6.16. The molecular formula is C28H25ClN2O2S. The summed E-state index contributed by atoms with van der Waals surface area (Å²) in [7, 11) is 0. The largest absolute Gasteiger partial charge is 0.339 e. The fourth-order valence-electron chi connectivity index (χ4n) is 4.39. The Morgan fingerprint density at radius 2 is 1.71 bits per heavy atom. The summed E-state index contributed by atoms with van der Waals surface area (Å²) in [4.78, 5) is 31.7. The summed E-state index contributed by atoms with van der Waals surface area (Å²) in [5.74, 6) is 0.0424. The van der Waals surface area contributed by atoms with Crippen molar-refractivity contribution >= 4 is 46.9 Å². The van der Waals surface area contributed by atoms with E-state index in [4.69, 9.17) is 11.6 Å². The Balaban J connectivity index is 1.40. The maximum Gasteiger partial charge on any atom is 0.265 e. The van der Waals surface area contributed by atoms with Gasteiger partial charge >= 0.3 is 0 Å². The monoisotopic (exact) mass is 488 g/mol.